The van der Waals surface area contributed by atoms with E-state index in [0.29, 0.717) is 5.89 Å². The van der Waals surface area contributed by atoms with E-state index in [2.05, 4.69) is 15.6 Å². The van der Waals surface area contributed by atoms with Crippen molar-refractivity contribution < 1.29 is 19.1 Å². The monoisotopic (exact) mass is 269 g/mol. The van der Waals surface area contributed by atoms with Crippen LogP contribution in [0.15, 0.2) is 10.6 Å². The molecular weight excluding hydrogens is 250 g/mol. The first kappa shape index (κ1) is 15.0. The third-order valence-electron chi connectivity index (χ3n) is 2.85. The smallest absolute Gasteiger partial charge is 0.315 e. The second-order valence-corrected chi connectivity index (χ2v) is 4.32. The number of carbonyl (C=O) groups excluding carboxylic acids is 1. The Kier molecular flexibility index (Phi) is 5.35. The highest BCUT2D eigenvalue weighted by atomic mass is 16.4. The van der Waals surface area contributed by atoms with Crippen LogP contribution in [0, 0.1) is 5.92 Å². The largest absolute Gasteiger partial charge is 0.481 e. The minimum Gasteiger partial charge on any atom is -0.481 e. The molecule has 0 aliphatic heterocycles. The fraction of sp³-hybridized carbons (Fsp3) is 0.583. The maximum atomic E-state index is 11.5. The van der Waals surface area contributed by atoms with Gasteiger partial charge in [0, 0.05) is 12.5 Å². The fourth-order valence-corrected chi connectivity index (χ4v) is 1.35. The van der Waals surface area contributed by atoms with Crippen molar-refractivity contribution in [2.45, 2.75) is 39.8 Å². The Morgan fingerprint density at radius 1 is 1.47 bits per heavy atom. The van der Waals surface area contributed by atoms with Crippen LogP contribution in [0.25, 0.3) is 0 Å². The van der Waals surface area contributed by atoms with Gasteiger partial charge in [-0.15, -0.1) is 0 Å². The van der Waals surface area contributed by atoms with Crippen molar-refractivity contribution >= 4 is 12.0 Å². The molecule has 2 atom stereocenters. The molecule has 1 aromatic heterocycles. The molecule has 0 saturated heterocycles. The molecule has 0 aliphatic carbocycles. The lowest BCUT2D eigenvalue weighted by Gasteiger charge is -2.17. The van der Waals surface area contributed by atoms with E-state index in [4.69, 9.17) is 9.52 Å². The lowest BCUT2D eigenvalue weighted by atomic mass is 10.0. The van der Waals surface area contributed by atoms with Gasteiger partial charge >= 0.3 is 12.0 Å². The van der Waals surface area contributed by atoms with Crippen molar-refractivity contribution in [2.75, 3.05) is 0 Å². The summed E-state index contributed by atoms with van der Waals surface area (Å²) in [6.45, 7) is 5.28. The van der Waals surface area contributed by atoms with E-state index in [9.17, 15) is 9.59 Å². The van der Waals surface area contributed by atoms with Crippen LogP contribution in [0.4, 0.5) is 4.79 Å². The van der Waals surface area contributed by atoms with Crippen molar-refractivity contribution in [2.24, 2.45) is 5.92 Å². The fourth-order valence-electron chi connectivity index (χ4n) is 1.35. The zero-order chi connectivity index (χ0) is 14.4. The molecule has 7 heteroatoms. The number of nitrogens with zero attached hydrogens (tertiary/aromatic N) is 1. The van der Waals surface area contributed by atoms with Crippen LogP contribution in [0.5, 0.6) is 0 Å². The number of nitrogens with one attached hydrogen (secondary N) is 2. The van der Waals surface area contributed by atoms with Crippen molar-refractivity contribution in [3.05, 3.63) is 17.8 Å². The van der Waals surface area contributed by atoms with Crippen molar-refractivity contribution in [1.29, 1.82) is 0 Å². The number of amides is 2. The molecule has 106 valence electrons. The number of urea groups is 1. The molecule has 1 rings (SSSR count). The highest BCUT2D eigenvalue weighted by Gasteiger charge is 2.20. The molecule has 0 fully saturated rings. The third kappa shape index (κ3) is 4.61. The molecule has 2 amide bonds. The van der Waals surface area contributed by atoms with E-state index in [-0.39, 0.29) is 6.54 Å². The Morgan fingerprint density at radius 3 is 2.68 bits per heavy atom. The van der Waals surface area contributed by atoms with Crippen LogP contribution in [-0.4, -0.2) is 28.1 Å². The molecule has 7 nitrogen and oxygen atoms in total. The first-order valence-electron chi connectivity index (χ1n) is 6.14. The number of hydrogen-bond acceptors (Lipinski definition) is 4. The molecule has 0 aromatic carbocycles. The van der Waals surface area contributed by atoms with Gasteiger partial charge in [-0.1, -0.05) is 6.92 Å². The third-order valence-corrected chi connectivity index (χ3v) is 2.85. The summed E-state index contributed by atoms with van der Waals surface area (Å²) in [5.41, 5.74) is 0. The normalized spacial score (nSPS) is 13.6. The summed E-state index contributed by atoms with van der Waals surface area (Å²) in [5.74, 6) is -0.428. The average molecular weight is 269 g/mol. The Labute approximate surface area is 111 Å². The SMILES string of the molecule is CCc1cnc(CNC(=O)NC(C)C(C)C(=O)O)o1. The Balaban J connectivity index is 2.37. The quantitative estimate of drug-likeness (QED) is 0.718. The summed E-state index contributed by atoms with van der Waals surface area (Å²) in [7, 11) is 0. The molecule has 1 heterocycles. The van der Waals surface area contributed by atoms with Gasteiger partial charge in [-0.3, -0.25) is 4.79 Å². The van der Waals surface area contributed by atoms with Crippen LogP contribution in [0.3, 0.4) is 0 Å². The van der Waals surface area contributed by atoms with E-state index in [1.807, 2.05) is 6.92 Å². The minimum absolute atomic E-state index is 0.167. The summed E-state index contributed by atoms with van der Waals surface area (Å²) < 4.78 is 5.33. The zero-order valence-corrected chi connectivity index (χ0v) is 11.3. The standard InChI is InChI=1S/C12H19N3O4/c1-4-9-5-13-10(19-9)6-14-12(18)15-8(3)7(2)11(16)17/h5,7-8H,4,6H2,1-3H3,(H,16,17)(H2,14,15,18). The van der Waals surface area contributed by atoms with E-state index in [1.165, 1.54) is 6.92 Å². The van der Waals surface area contributed by atoms with Crippen LogP contribution in [0.2, 0.25) is 0 Å². The molecule has 2 unspecified atom stereocenters. The van der Waals surface area contributed by atoms with Gasteiger partial charge in [0.25, 0.3) is 0 Å². The van der Waals surface area contributed by atoms with Crippen molar-refractivity contribution in [1.82, 2.24) is 15.6 Å². The molecule has 1 aromatic rings. The number of rotatable bonds is 6. The van der Waals surface area contributed by atoms with E-state index in [1.54, 1.807) is 13.1 Å². The number of aromatic nitrogens is 1. The van der Waals surface area contributed by atoms with Gasteiger partial charge < -0.3 is 20.2 Å². The molecule has 0 spiro atoms. The van der Waals surface area contributed by atoms with E-state index in [0.717, 1.165) is 12.2 Å². The summed E-state index contributed by atoms with van der Waals surface area (Å²) in [6.07, 6.45) is 2.36. The molecule has 19 heavy (non-hydrogen) atoms. The molecule has 3 N–H and O–H groups in total. The summed E-state index contributed by atoms with van der Waals surface area (Å²) in [5, 5.41) is 13.9. The van der Waals surface area contributed by atoms with Gasteiger partial charge in [-0.25, -0.2) is 9.78 Å². The Morgan fingerprint density at radius 2 is 2.16 bits per heavy atom. The van der Waals surface area contributed by atoms with Gasteiger partial charge in [-0.2, -0.15) is 0 Å². The number of aliphatic carboxylic acids is 1. The predicted octanol–water partition coefficient (Wildman–Crippen LogP) is 1.15. The zero-order valence-electron chi connectivity index (χ0n) is 11.3. The second kappa shape index (κ2) is 6.77. The maximum Gasteiger partial charge on any atom is 0.315 e. The number of oxazole rings is 1. The molecule has 0 aliphatic rings. The average Bonchev–Trinajstić information content (AvgIpc) is 2.83. The van der Waals surface area contributed by atoms with Gasteiger partial charge in [0.1, 0.15) is 5.76 Å². The van der Waals surface area contributed by atoms with Gasteiger partial charge in [0.2, 0.25) is 5.89 Å². The molecule has 0 bridgehead atoms. The number of carboxylic acid groups (broad SMARTS) is 1. The lowest BCUT2D eigenvalue weighted by Crippen LogP contribution is -2.45. The first-order valence-corrected chi connectivity index (χ1v) is 6.14. The van der Waals surface area contributed by atoms with Gasteiger partial charge in [0.05, 0.1) is 18.7 Å². The number of carboxylic acids is 1. The number of aryl methyl sites for hydroxylation is 1. The topological polar surface area (TPSA) is 104 Å². The molecule has 0 radical (unpaired) electrons. The molecular formula is C12H19N3O4. The first-order chi connectivity index (χ1) is 8.93. The minimum atomic E-state index is -0.951. The summed E-state index contributed by atoms with van der Waals surface area (Å²) >= 11 is 0. The lowest BCUT2D eigenvalue weighted by molar-refractivity contribution is -0.141. The highest BCUT2D eigenvalue weighted by Crippen LogP contribution is 2.04. The van der Waals surface area contributed by atoms with Gasteiger partial charge in [-0.05, 0) is 13.8 Å². The summed E-state index contributed by atoms with van der Waals surface area (Å²) in [6, 6.07) is -0.912. The van der Waals surface area contributed by atoms with Gasteiger partial charge in [0.15, 0.2) is 0 Å². The number of hydrogen-bond donors (Lipinski definition) is 3. The van der Waals surface area contributed by atoms with Crippen LogP contribution in [-0.2, 0) is 17.8 Å². The highest BCUT2D eigenvalue weighted by molar-refractivity contribution is 5.76. The Hall–Kier alpha value is -2.05. The van der Waals surface area contributed by atoms with Crippen molar-refractivity contribution in [3.8, 4) is 0 Å². The maximum absolute atomic E-state index is 11.5. The van der Waals surface area contributed by atoms with E-state index < -0.39 is 24.0 Å². The summed E-state index contributed by atoms with van der Waals surface area (Å²) in [4.78, 5) is 26.3. The second-order valence-electron chi connectivity index (χ2n) is 4.32. The van der Waals surface area contributed by atoms with Crippen LogP contribution >= 0.6 is 0 Å². The number of carbonyl (C=O) groups is 2. The van der Waals surface area contributed by atoms with E-state index >= 15 is 0 Å². The van der Waals surface area contributed by atoms with Crippen LogP contribution in [0.1, 0.15) is 32.4 Å². The Bertz CT molecular complexity index is 444. The van der Waals surface area contributed by atoms with Crippen molar-refractivity contribution in [3.63, 3.8) is 0 Å². The molecule has 0 saturated carbocycles. The van der Waals surface area contributed by atoms with Crippen LogP contribution < -0.4 is 10.6 Å². The predicted molar refractivity (Wildman–Crippen MR) is 67.5 cm³/mol.